The fourth-order valence-corrected chi connectivity index (χ4v) is 8.89. The number of aliphatic hydroxyl groups excluding tert-OH is 1. The van der Waals surface area contributed by atoms with Crippen molar-refractivity contribution in [3.05, 3.63) is 130 Å². The third-order valence-corrected chi connectivity index (χ3v) is 12.0. The van der Waals surface area contributed by atoms with E-state index in [1.807, 2.05) is 66.4 Å². The lowest BCUT2D eigenvalue weighted by molar-refractivity contribution is -0.132. The number of nitrogens with one attached hydrogen (secondary N) is 3. The number of aromatic hydroxyl groups is 1. The molecule has 1 saturated heterocycles. The molecule has 1 aliphatic carbocycles. The van der Waals surface area contributed by atoms with E-state index in [-0.39, 0.29) is 36.0 Å². The second-order valence-electron chi connectivity index (χ2n) is 16.4. The molecular formula is C49H59N5O7. The zero-order chi connectivity index (χ0) is 42.6. The number of benzene rings is 4. The topological polar surface area (TPSA) is 156 Å². The molecule has 1 aromatic heterocycles. The molecule has 0 spiro atoms. The first kappa shape index (κ1) is 43.6. The molecule has 2 fully saturated rings. The second-order valence-corrected chi connectivity index (χ2v) is 16.4. The van der Waals surface area contributed by atoms with Gasteiger partial charge in [-0.2, -0.15) is 0 Å². The number of aromatic nitrogens is 1. The summed E-state index contributed by atoms with van der Waals surface area (Å²) in [5, 5.41) is 27.8. The molecule has 7 rings (SSSR count). The third kappa shape index (κ3) is 11.9. The van der Waals surface area contributed by atoms with Crippen LogP contribution in [0.4, 0.5) is 10.5 Å². The number of H-pyrrole nitrogens is 1. The van der Waals surface area contributed by atoms with Crippen LogP contribution < -0.4 is 16.2 Å². The number of nitrogens with zero attached hydrogens (tertiary/aromatic N) is 2. The van der Waals surface area contributed by atoms with Crippen LogP contribution in [0.5, 0.6) is 5.75 Å². The Morgan fingerprint density at radius 2 is 1.59 bits per heavy atom. The summed E-state index contributed by atoms with van der Waals surface area (Å²) >= 11 is 0. The van der Waals surface area contributed by atoms with E-state index in [1.54, 1.807) is 12.1 Å². The lowest BCUT2D eigenvalue weighted by Gasteiger charge is -2.23. The quantitative estimate of drug-likeness (QED) is 0.0526. The fraction of sp³-hybridized carbons (Fsp3) is 0.408. The number of anilines is 1. The molecular weight excluding hydrogens is 771 g/mol. The van der Waals surface area contributed by atoms with Gasteiger partial charge >= 0.3 is 6.09 Å². The van der Waals surface area contributed by atoms with Gasteiger partial charge in [-0.1, -0.05) is 85.8 Å². The van der Waals surface area contributed by atoms with E-state index in [2.05, 4.69) is 44.8 Å². The molecule has 61 heavy (non-hydrogen) atoms. The molecule has 12 heteroatoms. The van der Waals surface area contributed by atoms with Crippen molar-refractivity contribution in [3.8, 4) is 16.9 Å². The number of carbonyl (C=O) groups excluding carboxylic acids is 2. The standard InChI is InChI=1S/C49H59N5O7/c1-2-24-54(26-23-50-31-45(56)41-16-18-44(55)48-42(41)17-19-46(57)52-48)47(58)22-28-60-27-21-35-14-12-34(13-15-35)20-25-53-32-37-29-39(30-38(37)33-53)61-49(59)51-43-11-7-6-10-40(43)36-8-4-3-5-9-36/h3-19,37-39,45,50,55-56H,2,20-33H2,1H3,(H,51,59)(H,52,57). The van der Waals surface area contributed by atoms with Crippen molar-refractivity contribution in [1.82, 2.24) is 20.1 Å². The summed E-state index contributed by atoms with van der Waals surface area (Å²) in [5.74, 6) is 1.10. The number of likely N-dealkylation sites (tertiary alicyclic amines) is 1. The van der Waals surface area contributed by atoms with Crippen LogP contribution in [0.2, 0.25) is 0 Å². The summed E-state index contributed by atoms with van der Waals surface area (Å²) in [6.07, 6.45) is 3.45. The highest BCUT2D eigenvalue weighted by molar-refractivity contribution is 5.91. The van der Waals surface area contributed by atoms with Gasteiger partial charge in [-0.25, -0.2) is 4.79 Å². The number of hydrogen-bond donors (Lipinski definition) is 5. The van der Waals surface area contributed by atoms with E-state index in [4.69, 9.17) is 9.47 Å². The Hall–Kier alpha value is -5.53. The molecule has 1 aliphatic heterocycles. The molecule has 12 nitrogen and oxygen atoms in total. The lowest BCUT2D eigenvalue weighted by atomic mass is 10.0. The summed E-state index contributed by atoms with van der Waals surface area (Å²) < 4.78 is 11.8. The van der Waals surface area contributed by atoms with Crippen LogP contribution in [0.3, 0.4) is 0 Å². The average molecular weight is 830 g/mol. The number of rotatable bonds is 20. The first-order valence-electron chi connectivity index (χ1n) is 21.8. The SMILES string of the molecule is CCCN(CCNCC(O)c1ccc(O)c2[nH]c(=O)ccc12)C(=O)CCOCCc1ccc(CCN2CC3CC(OC(=O)Nc4ccccc4-c4ccccc4)CC3C2)cc1. The summed E-state index contributed by atoms with van der Waals surface area (Å²) in [6, 6.07) is 32.7. The van der Waals surface area contributed by atoms with E-state index < -0.39 is 6.10 Å². The van der Waals surface area contributed by atoms with Gasteiger partial charge in [-0.3, -0.25) is 14.9 Å². The molecule has 0 bridgehead atoms. The van der Waals surface area contributed by atoms with Crippen LogP contribution in [0.15, 0.2) is 108 Å². The monoisotopic (exact) mass is 829 g/mol. The Labute approximate surface area is 357 Å². The van der Waals surface area contributed by atoms with Gasteiger partial charge in [-0.05, 0) is 84.4 Å². The van der Waals surface area contributed by atoms with Crippen LogP contribution >= 0.6 is 0 Å². The smallest absolute Gasteiger partial charge is 0.411 e. The Kier molecular flexibility index (Phi) is 15.2. The minimum absolute atomic E-state index is 0.0425. The first-order chi connectivity index (χ1) is 29.7. The Balaban J connectivity index is 0.748. The third-order valence-electron chi connectivity index (χ3n) is 12.0. The normalized spacial score (nSPS) is 17.9. The van der Waals surface area contributed by atoms with E-state index in [9.17, 15) is 24.6 Å². The van der Waals surface area contributed by atoms with Crippen LogP contribution in [-0.2, 0) is 27.1 Å². The van der Waals surface area contributed by atoms with Gasteiger partial charge in [0.15, 0.2) is 0 Å². The number of aromatic amines is 1. The van der Waals surface area contributed by atoms with E-state index in [1.165, 1.54) is 23.3 Å². The molecule has 5 aromatic rings. The molecule has 5 N–H and O–H groups in total. The van der Waals surface area contributed by atoms with E-state index >= 15 is 0 Å². The Morgan fingerprint density at radius 3 is 2.34 bits per heavy atom. The predicted molar refractivity (Wildman–Crippen MR) is 239 cm³/mol. The lowest BCUT2D eigenvalue weighted by Crippen LogP contribution is -2.38. The van der Waals surface area contributed by atoms with E-state index in [0.717, 1.165) is 68.6 Å². The maximum Gasteiger partial charge on any atom is 0.411 e. The zero-order valence-corrected chi connectivity index (χ0v) is 35.1. The molecule has 2 aliphatic rings. The van der Waals surface area contributed by atoms with Crippen molar-refractivity contribution in [2.75, 3.05) is 64.3 Å². The molecule has 322 valence electrons. The maximum atomic E-state index is 13.0. The van der Waals surface area contributed by atoms with Gasteiger partial charge in [0.05, 0.1) is 36.9 Å². The fourth-order valence-electron chi connectivity index (χ4n) is 8.89. The van der Waals surface area contributed by atoms with Gasteiger partial charge in [0.1, 0.15) is 11.9 Å². The molecule has 2 amide bonds. The van der Waals surface area contributed by atoms with Gasteiger partial charge in [0.2, 0.25) is 11.5 Å². The summed E-state index contributed by atoms with van der Waals surface area (Å²) in [7, 11) is 0. The number of hydrogen-bond acceptors (Lipinski definition) is 9. The molecule has 0 radical (unpaired) electrons. The number of carbonyl (C=O) groups is 2. The number of phenols is 1. The van der Waals surface area contributed by atoms with Crippen molar-refractivity contribution in [1.29, 1.82) is 0 Å². The number of phenolic OH excluding ortho intramolecular Hbond substituents is 1. The van der Waals surface area contributed by atoms with Crippen LogP contribution in [0.1, 0.15) is 55.4 Å². The summed E-state index contributed by atoms with van der Waals surface area (Å²) in [4.78, 5) is 44.7. The molecule has 3 unspecified atom stereocenters. The summed E-state index contributed by atoms with van der Waals surface area (Å²) in [5.41, 5.74) is 5.87. The first-order valence-corrected chi connectivity index (χ1v) is 21.8. The van der Waals surface area contributed by atoms with Crippen LogP contribution in [0, 0.1) is 11.8 Å². The zero-order valence-electron chi connectivity index (χ0n) is 35.1. The number of ether oxygens (including phenoxy) is 2. The van der Waals surface area contributed by atoms with Crippen LogP contribution in [-0.4, -0.2) is 102 Å². The number of fused-ring (bicyclic) bond motifs is 2. The number of amides is 2. The minimum atomic E-state index is -0.861. The highest BCUT2D eigenvalue weighted by atomic mass is 16.6. The second kappa shape index (κ2) is 21.3. The molecule has 4 aromatic carbocycles. The predicted octanol–water partition coefficient (Wildman–Crippen LogP) is 6.91. The van der Waals surface area contributed by atoms with Crippen molar-refractivity contribution < 1.29 is 29.3 Å². The molecule has 2 heterocycles. The molecule has 1 saturated carbocycles. The average Bonchev–Trinajstić information content (AvgIpc) is 3.83. The van der Waals surface area contributed by atoms with E-state index in [0.29, 0.717) is 67.6 Å². The number of para-hydroxylation sites is 1. The Bertz CT molecular complexity index is 2250. The summed E-state index contributed by atoms with van der Waals surface area (Å²) in [6.45, 7) is 7.97. The highest BCUT2D eigenvalue weighted by Crippen LogP contribution is 2.40. The highest BCUT2D eigenvalue weighted by Gasteiger charge is 2.42. The minimum Gasteiger partial charge on any atom is -0.506 e. The number of pyridine rings is 1. The van der Waals surface area contributed by atoms with Crippen LogP contribution in [0.25, 0.3) is 22.0 Å². The van der Waals surface area contributed by atoms with Gasteiger partial charge in [0.25, 0.3) is 0 Å². The van der Waals surface area contributed by atoms with Crippen molar-refractivity contribution in [2.24, 2.45) is 11.8 Å². The van der Waals surface area contributed by atoms with Gasteiger partial charge in [-0.15, -0.1) is 0 Å². The van der Waals surface area contributed by atoms with Crippen molar-refractivity contribution >= 4 is 28.6 Å². The Morgan fingerprint density at radius 1 is 0.869 bits per heavy atom. The maximum absolute atomic E-state index is 13.0. The van der Waals surface area contributed by atoms with Gasteiger partial charge in [0, 0.05) is 62.8 Å². The van der Waals surface area contributed by atoms with Crippen molar-refractivity contribution in [3.63, 3.8) is 0 Å². The van der Waals surface area contributed by atoms with Gasteiger partial charge < -0.3 is 39.8 Å². The number of aliphatic hydroxyl groups is 1. The largest absolute Gasteiger partial charge is 0.506 e. The van der Waals surface area contributed by atoms with Crippen molar-refractivity contribution in [2.45, 2.75) is 57.7 Å². The molecule has 3 atom stereocenters.